The fourth-order valence-corrected chi connectivity index (χ4v) is 0. The fourth-order valence-electron chi connectivity index (χ4n) is 0. The van der Waals surface area contributed by atoms with Crippen molar-refractivity contribution < 1.29 is 19.3 Å². The Labute approximate surface area is 37.5 Å². The van der Waals surface area contributed by atoms with Gasteiger partial charge in [0.25, 0.3) is 0 Å². The molecule has 0 aliphatic rings. The number of nitrogens with zero attached hydrogens (tertiary/aromatic N) is 1. The van der Waals surface area contributed by atoms with Crippen molar-refractivity contribution in [3.05, 3.63) is 0 Å². The summed E-state index contributed by atoms with van der Waals surface area (Å²) >= 11 is 0. The zero-order valence-electron chi connectivity index (χ0n) is 3.84. The predicted molar refractivity (Wildman–Crippen MR) is 12.0 cm³/mol. The van der Waals surface area contributed by atoms with Gasteiger partial charge in [0.05, 0.1) is 0 Å². The molecule has 24 valence electrons. The van der Waals surface area contributed by atoms with Gasteiger partial charge in [0.2, 0.25) is 0 Å². The van der Waals surface area contributed by atoms with Gasteiger partial charge in [0.1, 0.15) is 0 Å². The molecule has 0 aliphatic heterocycles. The van der Waals surface area contributed by atoms with Crippen molar-refractivity contribution >= 4 is 0 Å². The van der Waals surface area contributed by atoms with Gasteiger partial charge in [-0.3, -0.25) is 0 Å². The smallest absolute Gasteiger partial charge is 0.337 e. The summed E-state index contributed by atoms with van der Waals surface area (Å²) in [7, 11) is 0. The second kappa shape index (κ2) is 14.4. The Morgan fingerprint density at radius 2 is 2.00 bits per heavy atom. The minimum atomic E-state index is 0. The Bertz CT molecular complexity index is 33.0. The van der Waals surface area contributed by atoms with Crippen LogP contribution >= 0.6 is 0 Å². The third-order valence-corrected chi connectivity index (χ3v) is 0. The van der Waals surface area contributed by atoms with Crippen molar-refractivity contribution in [2.45, 2.75) is 0 Å². The molecule has 0 fully saturated rings. The fraction of sp³-hybridized carbons (Fsp3) is 0. The Morgan fingerprint density at radius 1 is 2.00 bits per heavy atom. The van der Waals surface area contributed by atoms with Crippen LogP contribution in [0.1, 0.15) is 2.85 Å². The maximum absolute atomic E-state index is 7.10. The molecule has 0 atom stereocenters. The van der Waals surface area contributed by atoms with Gasteiger partial charge in [0.15, 0.2) is 6.19 Å². The molecule has 0 aliphatic carbocycles. The maximum atomic E-state index is 7.10. The van der Waals surface area contributed by atoms with Gasteiger partial charge >= 0.3 is 19.3 Å². The Hall–Kier alpha value is -0.216. The van der Waals surface area contributed by atoms with E-state index in [9.17, 15) is 0 Å². The first-order valence-corrected chi connectivity index (χ1v) is 0.512. The number of rotatable bonds is 0. The molecule has 0 aromatic rings. The van der Waals surface area contributed by atoms with E-state index in [2.05, 4.69) is 5.73 Å². The standard InChI is InChI=1S/CH2N2.Ni/c2-1-3;/h2H2;/q;+2/p+2. The van der Waals surface area contributed by atoms with E-state index >= 15 is 0 Å². The number of hydrogen-bond acceptors (Lipinski definition) is 2. The molecule has 0 rings (SSSR count). The summed E-state index contributed by atoms with van der Waals surface area (Å²) in [5, 5.41) is 7.10. The largest absolute Gasteiger partial charge is 2.00 e. The summed E-state index contributed by atoms with van der Waals surface area (Å²) in [5.41, 5.74) is 4.15. The van der Waals surface area contributed by atoms with Crippen LogP contribution in [0, 0.1) is 11.5 Å². The SMILES string of the molecule is N#CN.[H+].[H+].[Ni+2]. The molecule has 0 radical (unpaired) electrons. The number of nitrogens with two attached hydrogens (primary N) is 1. The van der Waals surface area contributed by atoms with Gasteiger partial charge in [-0.25, -0.2) is 0 Å². The molecule has 0 saturated heterocycles. The molecule has 0 unspecified atom stereocenters. The van der Waals surface area contributed by atoms with Gasteiger partial charge < -0.3 is 5.73 Å². The first-order chi connectivity index (χ1) is 1.41. The van der Waals surface area contributed by atoms with Crippen molar-refractivity contribution in [3.63, 3.8) is 0 Å². The van der Waals surface area contributed by atoms with Crippen LogP contribution in [0.5, 0.6) is 0 Å². The third kappa shape index (κ3) is 23.4. The van der Waals surface area contributed by atoms with E-state index in [4.69, 9.17) is 5.26 Å². The van der Waals surface area contributed by atoms with Crippen LogP contribution in [0.3, 0.4) is 0 Å². The second-order valence-corrected chi connectivity index (χ2v) is 0.129. The Kier molecular flexibility index (Phi) is 33.2. The van der Waals surface area contributed by atoms with Crippen LogP contribution in [0.4, 0.5) is 0 Å². The van der Waals surface area contributed by atoms with Crippen LogP contribution in [0.2, 0.25) is 0 Å². The molecule has 3 heteroatoms. The van der Waals surface area contributed by atoms with Gasteiger partial charge in [-0.05, 0) is 0 Å². The van der Waals surface area contributed by atoms with Gasteiger partial charge in [-0.1, -0.05) is 0 Å². The van der Waals surface area contributed by atoms with Crippen molar-refractivity contribution in [2.24, 2.45) is 5.73 Å². The first-order valence-electron chi connectivity index (χ1n) is 0.512. The molecule has 0 saturated carbocycles. The van der Waals surface area contributed by atoms with E-state index in [1.54, 1.807) is 0 Å². The number of hydrogen-bond donors (Lipinski definition) is 1. The second-order valence-electron chi connectivity index (χ2n) is 0.129. The van der Waals surface area contributed by atoms with Crippen molar-refractivity contribution in [3.8, 4) is 6.19 Å². The molecule has 4 heavy (non-hydrogen) atoms. The summed E-state index contributed by atoms with van der Waals surface area (Å²) in [6.45, 7) is 0. The average Bonchev–Trinajstić information content (AvgIpc) is 0.918. The van der Waals surface area contributed by atoms with Gasteiger partial charge in [-0.15, -0.1) is 0 Å². The van der Waals surface area contributed by atoms with Gasteiger partial charge in [0, 0.05) is 0 Å². The first kappa shape index (κ1) is 9.22. The summed E-state index contributed by atoms with van der Waals surface area (Å²) < 4.78 is 0. The summed E-state index contributed by atoms with van der Waals surface area (Å²) in [4.78, 5) is 0. The van der Waals surface area contributed by atoms with Crippen molar-refractivity contribution in [2.75, 3.05) is 0 Å². The summed E-state index contributed by atoms with van der Waals surface area (Å²) in [5.74, 6) is 0. The van der Waals surface area contributed by atoms with Crippen molar-refractivity contribution in [1.29, 1.82) is 5.26 Å². The molecule has 0 spiro atoms. The van der Waals surface area contributed by atoms with E-state index < -0.39 is 0 Å². The van der Waals surface area contributed by atoms with E-state index in [0.717, 1.165) is 0 Å². The Morgan fingerprint density at radius 3 is 2.00 bits per heavy atom. The minimum Gasteiger partial charge on any atom is -0.337 e. The molecule has 0 amide bonds. The zero-order valence-corrected chi connectivity index (χ0v) is 2.83. The van der Waals surface area contributed by atoms with Crippen molar-refractivity contribution in [1.82, 2.24) is 0 Å². The van der Waals surface area contributed by atoms with E-state index in [1.807, 2.05) is 0 Å². The zero-order chi connectivity index (χ0) is 2.71. The molecule has 0 aromatic heterocycles. The van der Waals surface area contributed by atoms with Gasteiger partial charge in [-0.2, -0.15) is 5.26 Å². The molecule has 0 bridgehead atoms. The summed E-state index contributed by atoms with van der Waals surface area (Å²) in [6.07, 6.45) is 1.25. The number of nitriles is 1. The molecule has 0 heterocycles. The maximum Gasteiger partial charge on any atom is 2.00 e. The van der Waals surface area contributed by atoms with E-state index in [-0.39, 0.29) is 19.3 Å². The summed E-state index contributed by atoms with van der Waals surface area (Å²) in [6, 6.07) is 0. The Balaban J connectivity index is -0.00000000667. The topological polar surface area (TPSA) is 49.8 Å². The van der Waals surface area contributed by atoms with Crippen LogP contribution in [0.15, 0.2) is 0 Å². The van der Waals surface area contributed by atoms with Crippen LogP contribution < -0.4 is 5.73 Å². The molecule has 2 N–H and O–H groups in total. The molecular formula is CH4N2Ni+4. The third-order valence-electron chi connectivity index (χ3n) is 0. The average molecular weight is 103 g/mol. The predicted octanol–water partition coefficient (Wildman–Crippen LogP) is -0.351. The van der Waals surface area contributed by atoms with Crippen LogP contribution in [0.25, 0.3) is 0 Å². The van der Waals surface area contributed by atoms with E-state index in [0.29, 0.717) is 0 Å². The van der Waals surface area contributed by atoms with Crippen LogP contribution in [-0.4, -0.2) is 0 Å². The molecule has 0 aromatic carbocycles. The monoisotopic (exact) mass is 102 g/mol. The normalized spacial score (nSPS) is 1.75. The molecular weight excluding hydrogens is 98.7 g/mol. The molecule has 2 nitrogen and oxygen atoms in total. The van der Waals surface area contributed by atoms with Crippen LogP contribution in [-0.2, 0) is 16.5 Å². The van der Waals surface area contributed by atoms with E-state index in [1.165, 1.54) is 6.19 Å². The minimum absolute atomic E-state index is 0. The quantitative estimate of drug-likeness (QED) is 0.258.